The Bertz CT molecular complexity index is 558. The molecule has 1 aromatic carbocycles. The Hall–Kier alpha value is -1.64. The van der Waals surface area contributed by atoms with Crippen LogP contribution in [0.3, 0.4) is 0 Å². The minimum Gasteiger partial charge on any atom is -0.132 e. The van der Waals surface area contributed by atoms with Gasteiger partial charge in [0.25, 0.3) is 0 Å². The van der Waals surface area contributed by atoms with Crippen LogP contribution in [0.1, 0.15) is 32.1 Å². The molecule has 0 unspecified atom stereocenters. The fraction of sp³-hybridized carbons (Fsp3) is 0.429. The quantitative estimate of drug-likeness (QED) is 0.688. The average Bonchev–Trinajstić information content (AvgIpc) is 2.69. The van der Waals surface area contributed by atoms with E-state index >= 15 is 0 Å². The molecule has 1 heterocycles. The van der Waals surface area contributed by atoms with Gasteiger partial charge in [-0.25, -0.2) is 0 Å². The molecule has 17 heavy (non-hydrogen) atoms. The molecule has 1 aliphatic rings. The maximum absolute atomic E-state index is 4.54. The van der Waals surface area contributed by atoms with E-state index in [1.165, 1.54) is 48.7 Å². The van der Waals surface area contributed by atoms with Gasteiger partial charge in [-0.3, -0.25) is 0 Å². The summed E-state index contributed by atoms with van der Waals surface area (Å²) < 4.78 is 3.96. The van der Waals surface area contributed by atoms with Crippen LogP contribution < -0.4 is 4.68 Å². The average molecular weight is 228 g/mol. The lowest BCUT2D eigenvalue weighted by Crippen LogP contribution is -2.31. The monoisotopic (exact) mass is 228 g/mol. The van der Waals surface area contributed by atoms with Crippen molar-refractivity contribution in [2.45, 2.75) is 32.1 Å². The van der Waals surface area contributed by atoms with Gasteiger partial charge in [0.1, 0.15) is 13.2 Å². The molecule has 0 amide bonds. The van der Waals surface area contributed by atoms with Gasteiger partial charge in [-0.05, 0) is 43.4 Å². The van der Waals surface area contributed by atoms with Crippen molar-refractivity contribution in [2.75, 3.05) is 0 Å². The molecule has 88 valence electrons. The highest BCUT2D eigenvalue weighted by atomic mass is 15.5. The first-order valence-electron chi connectivity index (χ1n) is 6.38. The van der Waals surface area contributed by atoms with Crippen LogP contribution in [0.5, 0.6) is 0 Å². The lowest BCUT2D eigenvalue weighted by Gasteiger charge is -2.11. The third-order valence-electron chi connectivity index (χ3n) is 3.51. The molecule has 0 bridgehead atoms. The number of allylic oxidation sites excluding steroid dienone is 1. The van der Waals surface area contributed by atoms with Gasteiger partial charge < -0.3 is 0 Å². The minimum absolute atomic E-state index is 1.18. The van der Waals surface area contributed by atoms with Gasteiger partial charge in [0.05, 0.1) is 5.21 Å². The number of fused-ring (bicyclic) bond motifs is 1. The minimum atomic E-state index is 1.18. The SMILES string of the molecule is C[n+]1nn(C=C2CCCCC2)c2ccccc21. The molecule has 1 aliphatic carbocycles. The van der Waals surface area contributed by atoms with Crippen LogP contribution in [0.25, 0.3) is 17.2 Å². The smallest absolute Gasteiger partial charge is 0.132 e. The second-order valence-electron chi connectivity index (χ2n) is 4.79. The van der Waals surface area contributed by atoms with Crippen molar-refractivity contribution in [3.63, 3.8) is 0 Å². The summed E-state index contributed by atoms with van der Waals surface area (Å²) in [4.78, 5) is 0. The predicted octanol–water partition coefficient (Wildman–Crippen LogP) is 2.67. The fourth-order valence-electron chi connectivity index (χ4n) is 2.58. The summed E-state index contributed by atoms with van der Waals surface area (Å²) in [6.07, 6.45) is 8.73. The normalized spacial score (nSPS) is 16.4. The van der Waals surface area contributed by atoms with Crippen molar-refractivity contribution in [1.82, 2.24) is 9.90 Å². The number of nitrogens with zero attached hydrogens (tertiary/aromatic N) is 3. The number of aromatic nitrogens is 3. The molecule has 3 rings (SSSR count). The Morgan fingerprint density at radius 3 is 2.76 bits per heavy atom. The van der Waals surface area contributed by atoms with Crippen LogP contribution in [-0.2, 0) is 7.05 Å². The molecule has 0 atom stereocenters. The summed E-state index contributed by atoms with van der Waals surface area (Å²) in [6.45, 7) is 0. The lowest BCUT2D eigenvalue weighted by atomic mass is 9.96. The Morgan fingerprint density at radius 2 is 1.94 bits per heavy atom. The summed E-state index contributed by atoms with van der Waals surface area (Å²) in [5.41, 5.74) is 3.90. The van der Waals surface area contributed by atoms with Gasteiger partial charge in [0, 0.05) is 0 Å². The van der Waals surface area contributed by atoms with Crippen molar-refractivity contribution in [1.29, 1.82) is 0 Å². The summed E-state index contributed by atoms with van der Waals surface area (Å²) in [5.74, 6) is 0. The van der Waals surface area contributed by atoms with Gasteiger partial charge in [0.2, 0.25) is 5.52 Å². The summed E-state index contributed by atoms with van der Waals surface area (Å²) in [5, 5.41) is 4.54. The zero-order valence-electron chi connectivity index (χ0n) is 10.3. The van der Waals surface area contributed by atoms with Gasteiger partial charge in [-0.2, -0.15) is 0 Å². The van der Waals surface area contributed by atoms with Crippen molar-refractivity contribution < 1.29 is 4.68 Å². The Balaban J connectivity index is 2.05. The third-order valence-corrected chi connectivity index (χ3v) is 3.51. The van der Waals surface area contributed by atoms with Gasteiger partial charge in [-0.1, -0.05) is 18.6 Å². The Labute approximate surface area is 101 Å². The predicted molar refractivity (Wildman–Crippen MR) is 68.3 cm³/mol. The van der Waals surface area contributed by atoms with Crippen molar-refractivity contribution in [2.24, 2.45) is 7.05 Å². The lowest BCUT2D eigenvalue weighted by molar-refractivity contribution is -0.708. The molecule has 2 aromatic rings. The first-order valence-corrected chi connectivity index (χ1v) is 6.38. The van der Waals surface area contributed by atoms with Gasteiger partial charge in [-0.15, -0.1) is 9.36 Å². The number of aryl methyl sites for hydroxylation is 1. The van der Waals surface area contributed by atoms with Crippen LogP contribution in [-0.4, -0.2) is 9.90 Å². The standard InChI is InChI=1S/C14H18N3/c1-16-13-9-5-6-10-14(13)17(15-16)11-12-7-3-2-4-8-12/h5-6,9-11H,2-4,7-8H2,1H3/q+1. The van der Waals surface area contributed by atoms with E-state index in [2.05, 4.69) is 35.7 Å². The molecule has 0 spiro atoms. The molecule has 3 nitrogen and oxygen atoms in total. The number of benzene rings is 1. The Kier molecular flexibility index (Phi) is 2.67. The van der Waals surface area contributed by atoms with Crippen LogP contribution >= 0.6 is 0 Å². The molecule has 1 saturated carbocycles. The number of hydrogen-bond donors (Lipinski definition) is 0. The van der Waals surface area contributed by atoms with E-state index < -0.39 is 0 Å². The number of rotatable bonds is 1. The molecule has 0 saturated heterocycles. The molecule has 0 aliphatic heterocycles. The van der Waals surface area contributed by atoms with Crippen LogP contribution in [0.4, 0.5) is 0 Å². The molecule has 1 fully saturated rings. The second-order valence-corrected chi connectivity index (χ2v) is 4.79. The van der Waals surface area contributed by atoms with Crippen molar-refractivity contribution >= 4 is 17.2 Å². The first kappa shape index (κ1) is 10.5. The largest absolute Gasteiger partial charge is 0.203 e. The zero-order chi connectivity index (χ0) is 11.7. The number of hydrogen-bond acceptors (Lipinski definition) is 1. The van der Waals surface area contributed by atoms with Crippen molar-refractivity contribution in [3.05, 3.63) is 29.8 Å². The topological polar surface area (TPSA) is 21.7 Å². The van der Waals surface area contributed by atoms with E-state index in [-0.39, 0.29) is 0 Å². The van der Waals surface area contributed by atoms with E-state index in [0.29, 0.717) is 0 Å². The highest BCUT2D eigenvalue weighted by Gasteiger charge is 2.14. The van der Waals surface area contributed by atoms with E-state index in [4.69, 9.17) is 0 Å². The van der Waals surface area contributed by atoms with E-state index in [9.17, 15) is 0 Å². The summed E-state index contributed by atoms with van der Waals surface area (Å²) in [6, 6.07) is 8.36. The molecule has 0 N–H and O–H groups in total. The fourth-order valence-corrected chi connectivity index (χ4v) is 2.58. The molecule has 1 aromatic heterocycles. The van der Waals surface area contributed by atoms with Gasteiger partial charge >= 0.3 is 0 Å². The molecular weight excluding hydrogens is 210 g/mol. The van der Waals surface area contributed by atoms with Crippen LogP contribution in [0.2, 0.25) is 0 Å². The number of para-hydroxylation sites is 2. The highest BCUT2D eigenvalue weighted by Crippen LogP contribution is 2.23. The van der Waals surface area contributed by atoms with Crippen LogP contribution in [0, 0.1) is 0 Å². The van der Waals surface area contributed by atoms with E-state index in [1.54, 1.807) is 0 Å². The Morgan fingerprint density at radius 1 is 1.18 bits per heavy atom. The maximum atomic E-state index is 4.54. The van der Waals surface area contributed by atoms with Crippen molar-refractivity contribution in [3.8, 4) is 0 Å². The van der Waals surface area contributed by atoms with E-state index in [0.717, 1.165) is 0 Å². The van der Waals surface area contributed by atoms with Crippen LogP contribution in [0.15, 0.2) is 29.8 Å². The third kappa shape index (κ3) is 1.97. The molecule has 0 radical (unpaired) electrons. The van der Waals surface area contributed by atoms with E-state index in [1.807, 2.05) is 16.4 Å². The summed E-state index contributed by atoms with van der Waals surface area (Å²) in [7, 11) is 2.00. The molecule has 3 heteroatoms. The first-order chi connectivity index (χ1) is 8.34. The zero-order valence-corrected chi connectivity index (χ0v) is 10.3. The highest BCUT2D eigenvalue weighted by molar-refractivity contribution is 5.73. The second kappa shape index (κ2) is 4.32. The summed E-state index contributed by atoms with van der Waals surface area (Å²) >= 11 is 0. The van der Waals surface area contributed by atoms with Gasteiger partial charge in [0.15, 0.2) is 5.52 Å². The maximum Gasteiger partial charge on any atom is 0.203 e. The molecular formula is C14H18N3+.